The maximum absolute atomic E-state index is 11.2. The molecule has 88 valence electrons. The van der Waals surface area contributed by atoms with E-state index in [2.05, 4.69) is 4.90 Å². The lowest BCUT2D eigenvalue weighted by atomic mass is 10.0. The SMILES string of the molecule is COCCN1CCCCCC1CC(C)=O. The number of likely N-dealkylation sites (tertiary alicyclic amines) is 1. The fourth-order valence-electron chi connectivity index (χ4n) is 2.30. The average molecular weight is 213 g/mol. The summed E-state index contributed by atoms with van der Waals surface area (Å²) in [6, 6.07) is 0.458. The van der Waals surface area contributed by atoms with Crippen molar-refractivity contribution in [2.45, 2.75) is 45.1 Å². The first kappa shape index (κ1) is 12.7. The smallest absolute Gasteiger partial charge is 0.131 e. The molecule has 0 aromatic rings. The molecule has 0 aromatic carbocycles. The number of Topliss-reactive ketones (excluding diaryl/α,β-unsaturated/α-hetero) is 1. The highest BCUT2D eigenvalue weighted by Gasteiger charge is 2.21. The van der Waals surface area contributed by atoms with Gasteiger partial charge in [0, 0.05) is 26.1 Å². The van der Waals surface area contributed by atoms with E-state index in [1.54, 1.807) is 14.0 Å². The van der Waals surface area contributed by atoms with E-state index in [-0.39, 0.29) is 0 Å². The van der Waals surface area contributed by atoms with Gasteiger partial charge >= 0.3 is 0 Å². The van der Waals surface area contributed by atoms with Crippen LogP contribution in [0.4, 0.5) is 0 Å². The van der Waals surface area contributed by atoms with Crippen molar-refractivity contribution in [2.75, 3.05) is 26.8 Å². The zero-order valence-corrected chi connectivity index (χ0v) is 10.00. The van der Waals surface area contributed by atoms with E-state index in [0.29, 0.717) is 18.2 Å². The minimum atomic E-state index is 0.310. The van der Waals surface area contributed by atoms with Crippen LogP contribution in [0.3, 0.4) is 0 Å². The van der Waals surface area contributed by atoms with Crippen LogP contribution in [-0.2, 0) is 9.53 Å². The predicted octanol–water partition coefficient (Wildman–Crippen LogP) is 1.86. The van der Waals surface area contributed by atoms with E-state index in [0.717, 1.165) is 19.7 Å². The highest BCUT2D eigenvalue weighted by molar-refractivity contribution is 5.76. The van der Waals surface area contributed by atoms with Crippen molar-refractivity contribution in [3.8, 4) is 0 Å². The highest BCUT2D eigenvalue weighted by Crippen LogP contribution is 2.19. The van der Waals surface area contributed by atoms with Gasteiger partial charge in [-0.2, -0.15) is 0 Å². The van der Waals surface area contributed by atoms with Crippen LogP contribution in [-0.4, -0.2) is 43.5 Å². The van der Waals surface area contributed by atoms with Crippen LogP contribution in [0.25, 0.3) is 0 Å². The minimum absolute atomic E-state index is 0.310. The summed E-state index contributed by atoms with van der Waals surface area (Å²) in [5, 5.41) is 0. The first-order valence-electron chi connectivity index (χ1n) is 5.96. The second-order valence-electron chi connectivity index (χ2n) is 4.44. The number of carbonyl (C=O) groups excluding carboxylic acids is 1. The number of hydrogen-bond donors (Lipinski definition) is 0. The summed E-state index contributed by atoms with van der Waals surface area (Å²) >= 11 is 0. The Bertz CT molecular complexity index is 194. The molecule has 3 heteroatoms. The first-order chi connectivity index (χ1) is 7.24. The van der Waals surface area contributed by atoms with Gasteiger partial charge in [-0.25, -0.2) is 0 Å². The minimum Gasteiger partial charge on any atom is -0.383 e. The van der Waals surface area contributed by atoms with Gasteiger partial charge < -0.3 is 4.74 Å². The normalized spacial score (nSPS) is 23.7. The molecule has 0 amide bonds. The molecular formula is C12H23NO2. The molecule has 1 aliphatic heterocycles. The molecule has 1 saturated heterocycles. The molecule has 3 nitrogen and oxygen atoms in total. The van der Waals surface area contributed by atoms with E-state index in [9.17, 15) is 4.79 Å². The molecule has 0 saturated carbocycles. The van der Waals surface area contributed by atoms with Gasteiger partial charge in [0.1, 0.15) is 5.78 Å². The summed E-state index contributed by atoms with van der Waals surface area (Å²) in [4.78, 5) is 13.6. The molecule has 0 radical (unpaired) electrons. The van der Waals surface area contributed by atoms with Gasteiger partial charge in [-0.15, -0.1) is 0 Å². The van der Waals surface area contributed by atoms with Crippen molar-refractivity contribution in [1.29, 1.82) is 0 Å². The molecule has 0 bridgehead atoms. The second kappa shape index (κ2) is 6.96. The summed E-state index contributed by atoms with van der Waals surface area (Å²) in [5.74, 6) is 0.310. The maximum Gasteiger partial charge on any atom is 0.131 e. The van der Waals surface area contributed by atoms with Crippen molar-refractivity contribution in [3.05, 3.63) is 0 Å². The number of methoxy groups -OCH3 is 1. The van der Waals surface area contributed by atoms with E-state index in [1.807, 2.05) is 0 Å². The van der Waals surface area contributed by atoms with Crippen molar-refractivity contribution in [3.63, 3.8) is 0 Å². The van der Waals surface area contributed by atoms with Crippen molar-refractivity contribution >= 4 is 5.78 Å². The topological polar surface area (TPSA) is 29.5 Å². The highest BCUT2D eigenvalue weighted by atomic mass is 16.5. The molecule has 1 heterocycles. The Morgan fingerprint density at radius 1 is 1.40 bits per heavy atom. The summed E-state index contributed by atoms with van der Waals surface area (Å²) in [5.41, 5.74) is 0. The zero-order chi connectivity index (χ0) is 11.1. The Hall–Kier alpha value is -0.410. The van der Waals surface area contributed by atoms with E-state index >= 15 is 0 Å². The van der Waals surface area contributed by atoms with Crippen LogP contribution in [0.5, 0.6) is 0 Å². The molecular weight excluding hydrogens is 190 g/mol. The van der Waals surface area contributed by atoms with Gasteiger partial charge in [0.05, 0.1) is 6.61 Å². The summed E-state index contributed by atoms with van der Waals surface area (Å²) in [6.07, 6.45) is 5.71. The number of hydrogen-bond acceptors (Lipinski definition) is 3. The van der Waals surface area contributed by atoms with E-state index < -0.39 is 0 Å². The Kier molecular flexibility index (Phi) is 5.88. The van der Waals surface area contributed by atoms with Gasteiger partial charge in [0.15, 0.2) is 0 Å². The lowest BCUT2D eigenvalue weighted by Crippen LogP contribution is -2.38. The monoisotopic (exact) mass is 213 g/mol. The molecule has 0 aromatic heterocycles. The van der Waals surface area contributed by atoms with Crippen molar-refractivity contribution in [1.82, 2.24) is 4.90 Å². The Balaban J connectivity index is 2.46. The molecule has 0 N–H and O–H groups in total. The first-order valence-corrected chi connectivity index (χ1v) is 5.96. The Morgan fingerprint density at radius 2 is 2.20 bits per heavy atom. The molecule has 1 atom stereocenters. The van der Waals surface area contributed by atoms with E-state index in [4.69, 9.17) is 4.74 Å². The maximum atomic E-state index is 11.2. The largest absolute Gasteiger partial charge is 0.383 e. The number of rotatable bonds is 5. The summed E-state index contributed by atoms with van der Waals surface area (Å²) in [6.45, 7) is 4.56. The number of carbonyl (C=O) groups is 1. The van der Waals surface area contributed by atoms with Crippen LogP contribution < -0.4 is 0 Å². The fraction of sp³-hybridized carbons (Fsp3) is 0.917. The second-order valence-corrected chi connectivity index (χ2v) is 4.44. The Morgan fingerprint density at radius 3 is 2.87 bits per heavy atom. The lowest BCUT2D eigenvalue weighted by Gasteiger charge is -2.28. The number of ketones is 1. The predicted molar refractivity (Wildman–Crippen MR) is 61.0 cm³/mol. The number of ether oxygens (including phenoxy) is 1. The van der Waals surface area contributed by atoms with Gasteiger partial charge in [0.25, 0.3) is 0 Å². The third kappa shape index (κ3) is 4.76. The van der Waals surface area contributed by atoms with Crippen LogP contribution in [0.1, 0.15) is 39.0 Å². The van der Waals surface area contributed by atoms with Crippen LogP contribution in [0.2, 0.25) is 0 Å². The third-order valence-electron chi connectivity index (χ3n) is 3.10. The average Bonchev–Trinajstić information content (AvgIpc) is 2.40. The lowest BCUT2D eigenvalue weighted by molar-refractivity contribution is -0.118. The molecule has 1 aliphatic rings. The van der Waals surface area contributed by atoms with Gasteiger partial charge in [-0.1, -0.05) is 12.8 Å². The Labute approximate surface area is 92.8 Å². The third-order valence-corrected chi connectivity index (χ3v) is 3.10. The van der Waals surface area contributed by atoms with Crippen LogP contribution >= 0.6 is 0 Å². The van der Waals surface area contributed by atoms with E-state index in [1.165, 1.54) is 25.7 Å². The van der Waals surface area contributed by atoms with Crippen molar-refractivity contribution in [2.24, 2.45) is 0 Å². The van der Waals surface area contributed by atoms with Crippen molar-refractivity contribution < 1.29 is 9.53 Å². The molecule has 1 unspecified atom stereocenters. The molecule has 1 fully saturated rings. The van der Waals surface area contributed by atoms with Gasteiger partial charge in [-0.05, 0) is 26.3 Å². The van der Waals surface area contributed by atoms with Gasteiger partial charge in [-0.3, -0.25) is 9.69 Å². The van der Waals surface area contributed by atoms with Gasteiger partial charge in [0.2, 0.25) is 0 Å². The summed E-state index contributed by atoms with van der Waals surface area (Å²) < 4.78 is 5.11. The molecule has 0 spiro atoms. The summed E-state index contributed by atoms with van der Waals surface area (Å²) in [7, 11) is 1.73. The van der Waals surface area contributed by atoms with Crippen LogP contribution in [0.15, 0.2) is 0 Å². The molecule has 0 aliphatic carbocycles. The molecule has 1 rings (SSSR count). The fourth-order valence-corrected chi connectivity index (χ4v) is 2.30. The zero-order valence-electron chi connectivity index (χ0n) is 10.00. The standard InChI is InChI=1S/C12H23NO2/c1-11(14)10-12-6-4-3-5-7-13(12)8-9-15-2/h12H,3-10H2,1-2H3. The quantitative estimate of drug-likeness (QED) is 0.698. The number of nitrogens with zero attached hydrogens (tertiary/aromatic N) is 1. The molecule has 15 heavy (non-hydrogen) atoms. The van der Waals surface area contributed by atoms with Crippen LogP contribution in [0, 0.1) is 0 Å².